The molecule has 2 nitrogen and oxygen atoms in total. The molecule has 0 saturated carbocycles. The first-order valence-electron chi connectivity index (χ1n) is 6.69. The summed E-state index contributed by atoms with van der Waals surface area (Å²) in [6.07, 6.45) is 3.92. The van der Waals surface area contributed by atoms with Crippen molar-refractivity contribution < 1.29 is 4.74 Å². The first kappa shape index (κ1) is 12.4. The molecule has 1 aliphatic heterocycles. The molecule has 0 bridgehead atoms. The van der Waals surface area contributed by atoms with Crippen LogP contribution in [0.15, 0.2) is 24.3 Å². The van der Waals surface area contributed by atoms with Gasteiger partial charge in [0.15, 0.2) is 0 Å². The minimum Gasteiger partial charge on any atom is -0.497 e. The van der Waals surface area contributed by atoms with Gasteiger partial charge in [0, 0.05) is 6.54 Å². The molecule has 1 fully saturated rings. The van der Waals surface area contributed by atoms with E-state index in [1.807, 2.05) is 0 Å². The van der Waals surface area contributed by atoms with Gasteiger partial charge in [-0.1, -0.05) is 19.1 Å². The van der Waals surface area contributed by atoms with E-state index >= 15 is 0 Å². The third-order valence-corrected chi connectivity index (χ3v) is 3.63. The van der Waals surface area contributed by atoms with Crippen LogP contribution in [0.2, 0.25) is 0 Å². The van der Waals surface area contributed by atoms with Crippen LogP contribution in [0.25, 0.3) is 0 Å². The molecule has 0 amide bonds. The molecule has 0 spiro atoms. The molecular formula is C15H23NO. The van der Waals surface area contributed by atoms with Crippen molar-refractivity contribution in [3.05, 3.63) is 29.8 Å². The SMILES string of the molecule is CCCN1CCCC(c2ccc(OC)cc2)C1. The average Bonchev–Trinajstić information content (AvgIpc) is 2.40. The first-order valence-corrected chi connectivity index (χ1v) is 6.69. The Kier molecular flexibility index (Phi) is 4.43. The number of hydrogen-bond acceptors (Lipinski definition) is 2. The van der Waals surface area contributed by atoms with Gasteiger partial charge < -0.3 is 9.64 Å². The Bertz CT molecular complexity index is 331. The topological polar surface area (TPSA) is 12.5 Å². The maximum absolute atomic E-state index is 5.21. The summed E-state index contributed by atoms with van der Waals surface area (Å²) in [4.78, 5) is 2.60. The molecule has 1 aromatic carbocycles. The Labute approximate surface area is 105 Å². The van der Waals surface area contributed by atoms with Crippen molar-refractivity contribution in [1.82, 2.24) is 4.90 Å². The van der Waals surface area contributed by atoms with E-state index in [1.54, 1.807) is 7.11 Å². The maximum atomic E-state index is 5.21. The predicted octanol–water partition coefficient (Wildman–Crippen LogP) is 3.28. The standard InChI is InChI=1S/C15H23NO/c1-3-10-16-11-4-5-14(12-16)13-6-8-15(17-2)9-7-13/h6-9,14H,3-5,10-12H2,1-2H3. The Hall–Kier alpha value is -1.02. The van der Waals surface area contributed by atoms with Crippen molar-refractivity contribution in [2.24, 2.45) is 0 Å². The van der Waals surface area contributed by atoms with Crippen molar-refractivity contribution in [3.8, 4) is 5.75 Å². The van der Waals surface area contributed by atoms with Gasteiger partial charge in [-0.05, 0) is 56.0 Å². The van der Waals surface area contributed by atoms with E-state index in [2.05, 4.69) is 36.1 Å². The minimum atomic E-state index is 0.709. The second-order valence-electron chi connectivity index (χ2n) is 4.91. The number of methoxy groups -OCH3 is 1. The summed E-state index contributed by atoms with van der Waals surface area (Å²) in [7, 11) is 1.72. The summed E-state index contributed by atoms with van der Waals surface area (Å²) >= 11 is 0. The van der Waals surface area contributed by atoms with E-state index in [0.717, 1.165) is 5.75 Å². The molecule has 1 atom stereocenters. The third kappa shape index (κ3) is 3.22. The number of likely N-dealkylation sites (tertiary alicyclic amines) is 1. The van der Waals surface area contributed by atoms with E-state index in [4.69, 9.17) is 4.74 Å². The Morgan fingerprint density at radius 3 is 2.71 bits per heavy atom. The summed E-state index contributed by atoms with van der Waals surface area (Å²) in [6, 6.07) is 8.60. The van der Waals surface area contributed by atoms with E-state index in [-0.39, 0.29) is 0 Å². The molecule has 1 aliphatic rings. The summed E-state index contributed by atoms with van der Waals surface area (Å²) in [5.41, 5.74) is 1.46. The van der Waals surface area contributed by atoms with Crippen LogP contribution < -0.4 is 4.74 Å². The lowest BCUT2D eigenvalue weighted by atomic mass is 9.90. The highest BCUT2D eigenvalue weighted by Gasteiger charge is 2.20. The first-order chi connectivity index (χ1) is 8.33. The summed E-state index contributed by atoms with van der Waals surface area (Å²) in [5, 5.41) is 0. The quantitative estimate of drug-likeness (QED) is 0.791. The van der Waals surface area contributed by atoms with Gasteiger partial charge >= 0.3 is 0 Å². The number of piperidine rings is 1. The predicted molar refractivity (Wildman–Crippen MR) is 71.7 cm³/mol. The lowest BCUT2D eigenvalue weighted by Crippen LogP contribution is -2.34. The monoisotopic (exact) mass is 233 g/mol. The minimum absolute atomic E-state index is 0.709. The van der Waals surface area contributed by atoms with Gasteiger partial charge in [-0.2, -0.15) is 0 Å². The van der Waals surface area contributed by atoms with Crippen LogP contribution in [0.5, 0.6) is 5.75 Å². The normalized spacial score (nSPS) is 21.4. The fourth-order valence-electron chi connectivity index (χ4n) is 2.72. The molecule has 94 valence electrons. The molecule has 0 aliphatic carbocycles. The number of benzene rings is 1. The van der Waals surface area contributed by atoms with Gasteiger partial charge in [0.25, 0.3) is 0 Å². The number of nitrogens with zero attached hydrogens (tertiary/aromatic N) is 1. The zero-order valence-corrected chi connectivity index (χ0v) is 11.0. The van der Waals surface area contributed by atoms with Crippen LogP contribution in [0, 0.1) is 0 Å². The molecule has 2 heteroatoms. The highest BCUT2D eigenvalue weighted by atomic mass is 16.5. The summed E-state index contributed by atoms with van der Waals surface area (Å²) < 4.78 is 5.21. The van der Waals surface area contributed by atoms with Crippen LogP contribution in [0.1, 0.15) is 37.7 Å². The van der Waals surface area contributed by atoms with Crippen molar-refractivity contribution in [3.63, 3.8) is 0 Å². The van der Waals surface area contributed by atoms with Crippen molar-refractivity contribution in [2.75, 3.05) is 26.7 Å². The Morgan fingerprint density at radius 2 is 2.06 bits per heavy atom. The van der Waals surface area contributed by atoms with Crippen LogP contribution >= 0.6 is 0 Å². The highest BCUT2D eigenvalue weighted by Crippen LogP contribution is 2.28. The van der Waals surface area contributed by atoms with E-state index in [1.165, 1.54) is 44.5 Å². The number of ether oxygens (including phenoxy) is 1. The Morgan fingerprint density at radius 1 is 1.29 bits per heavy atom. The smallest absolute Gasteiger partial charge is 0.118 e. The highest BCUT2D eigenvalue weighted by molar-refractivity contribution is 5.29. The van der Waals surface area contributed by atoms with Gasteiger partial charge in [0.05, 0.1) is 7.11 Å². The molecule has 1 heterocycles. The summed E-state index contributed by atoms with van der Waals surface area (Å²) in [6.45, 7) is 6.00. The van der Waals surface area contributed by atoms with Gasteiger partial charge in [0.2, 0.25) is 0 Å². The second kappa shape index (κ2) is 6.06. The Balaban J connectivity index is 2.00. The van der Waals surface area contributed by atoms with Crippen LogP contribution in [0.3, 0.4) is 0 Å². The largest absolute Gasteiger partial charge is 0.497 e. The van der Waals surface area contributed by atoms with Gasteiger partial charge in [-0.15, -0.1) is 0 Å². The molecular weight excluding hydrogens is 210 g/mol. The average molecular weight is 233 g/mol. The van der Waals surface area contributed by atoms with Crippen LogP contribution in [0.4, 0.5) is 0 Å². The van der Waals surface area contributed by atoms with Crippen LogP contribution in [-0.4, -0.2) is 31.6 Å². The fraction of sp³-hybridized carbons (Fsp3) is 0.600. The number of hydrogen-bond donors (Lipinski definition) is 0. The molecule has 1 unspecified atom stereocenters. The van der Waals surface area contributed by atoms with Crippen molar-refractivity contribution >= 4 is 0 Å². The van der Waals surface area contributed by atoms with Gasteiger partial charge in [-0.25, -0.2) is 0 Å². The van der Waals surface area contributed by atoms with Crippen molar-refractivity contribution in [1.29, 1.82) is 0 Å². The number of rotatable bonds is 4. The van der Waals surface area contributed by atoms with Crippen molar-refractivity contribution in [2.45, 2.75) is 32.1 Å². The second-order valence-corrected chi connectivity index (χ2v) is 4.91. The van der Waals surface area contributed by atoms with E-state index < -0.39 is 0 Å². The molecule has 17 heavy (non-hydrogen) atoms. The fourth-order valence-corrected chi connectivity index (χ4v) is 2.72. The van der Waals surface area contributed by atoms with E-state index in [0.29, 0.717) is 5.92 Å². The molecule has 0 aromatic heterocycles. The summed E-state index contributed by atoms with van der Waals surface area (Å²) in [5.74, 6) is 1.66. The molecule has 2 rings (SSSR count). The van der Waals surface area contributed by atoms with Crippen LogP contribution in [-0.2, 0) is 0 Å². The zero-order chi connectivity index (χ0) is 12.1. The lowest BCUT2D eigenvalue weighted by molar-refractivity contribution is 0.208. The van der Waals surface area contributed by atoms with E-state index in [9.17, 15) is 0 Å². The van der Waals surface area contributed by atoms with Gasteiger partial charge in [0.1, 0.15) is 5.75 Å². The molecule has 0 radical (unpaired) electrons. The maximum Gasteiger partial charge on any atom is 0.118 e. The third-order valence-electron chi connectivity index (χ3n) is 3.63. The van der Waals surface area contributed by atoms with Gasteiger partial charge in [-0.3, -0.25) is 0 Å². The molecule has 1 saturated heterocycles. The molecule has 0 N–H and O–H groups in total. The zero-order valence-electron chi connectivity index (χ0n) is 11.0. The lowest BCUT2D eigenvalue weighted by Gasteiger charge is -2.32. The molecule has 1 aromatic rings.